The topological polar surface area (TPSA) is 75.1 Å². The van der Waals surface area contributed by atoms with Gasteiger partial charge in [0, 0.05) is 16.1 Å². The van der Waals surface area contributed by atoms with E-state index in [0.717, 1.165) is 17.3 Å². The van der Waals surface area contributed by atoms with Crippen LogP contribution in [-0.2, 0) is 17.6 Å². The van der Waals surface area contributed by atoms with E-state index in [-0.39, 0.29) is 11.8 Å². The zero-order chi connectivity index (χ0) is 16.0. The maximum Gasteiger partial charge on any atom is 0.417 e. The summed E-state index contributed by atoms with van der Waals surface area (Å²) in [5.41, 5.74) is 4.14. The van der Waals surface area contributed by atoms with Crippen molar-refractivity contribution in [3.8, 4) is 0 Å². The van der Waals surface area contributed by atoms with Gasteiger partial charge in [0.15, 0.2) is 5.58 Å². The number of amides is 1. The van der Waals surface area contributed by atoms with Crippen LogP contribution in [0.1, 0.15) is 11.1 Å². The Kier molecular flexibility index (Phi) is 3.34. The van der Waals surface area contributed by atoms with E-state index >= 15 is 0 Å². The minimum atomic E-state index is -0.500. The molecule has 1 aliphatic carbocycles. The van der Waals surface area contributed by atoms with Crippen LogP contribution in [0.25, 0.3) is 11.1 Å². The molecule has 2 N–H and O–H groups in total. The third-order valence-electron chi connectivity index (χ3n) is 4.16. The number of oxazole rings is 1. The van der Waals surface area contributed by atoms with E-state index in [4.69, 9.17) is 4.42 Å². The van der Waals surface area contributed by atoms with E-state index in [1.165, 1.54) is 11.1 Å². The molecule has 1 heterocycles. The molecule has 1 aromatic heterocycles. The Labute approximate surface area is 139 Å². The molecule has 4 rings (SSSR count). The number of aromatic nitrogens is 1. The van der Waals surface area contributed by atoms with E-state index in [9.17, 15) is 9.59 Å². The van der Waals surface area contributed by atoms with Crippen molar-refractivity contribution in [2.24, 2.45) is 5.92 Å². The molecule has 1 atom stereocenters. The van der Waals surface area contributed by atoms with Crippen LogP contribution in [0.4, 0.5) is 5.69 Å². The summed E-state index contributed by atoms with van der Waals surface area (Å²) in [5, 5.41) is 2.92. The van der Waals surface area contributed by atoms with Crippen molar-refractivity contribution in [2.75, 3.05) is 5.32 Å². The SMILES string of the molecule is O=C(Nc1ccc2oc(=O)[nH]c2c1)C1Cc2ccc(Br)cc2C1. The number of carbonyl (C=O) groups excluding carboxylic acids is 1. The summed E-state index contributed by atoms with van der Waals surface area (Å²) in [6.45, 7) is 0. The van der Waals surface area contributed by atoms with Crippen molar-refractivity contribution in [1.82, 2.24) is 4.98 Å². The van der Waals surface area contributed by atoms with Gasteiger partial charge in [-0.05, 0) is 54.3 Å². The number of anilines is 1. The second-order valence-electron chi connectivity index (χ2n) is 5.73. The maximum atomic E-state index is 12.5. The quantitative estimate of drug-likeness (QED) is 0.724. The number of H-pyrrole nitrogens is 1. The third kappa shape index (κ3) is 2.70. The lowest BCUT2D eigenvalue weighted by Gasteiger charge is -2.10. The molecule has 0 saturated carbocycles. The lowest BCUT2D eigenvalue weighted by Crippen LogP contribution is -2.23. The van der Waals surface area contributed by atoms with Gasteiger partial charge in [0.2, 0.25) is 5.91 Å². The fraction of sp³-hybridized carbons (Fsp3) is 0.176. The predicted molar refractivity (Wildman–Crippen MR) is 90.5 cm³/mol. The number of benzene rings is 2. The van der Waals surface area contributed by atoms with E-state index < -0.39 is 5.76 Å². The molecule has 5 nitrogen and oxygen atoms in total. The average Bonchev–Trinajstić information content (AvgIpc) is 3.08. The molecular formula is C17H13BrN2O3. The number of fused-ring (bicyclic) bond motifs is 2. The highest BCUT2D eigenvalue weighted by molar-refractivity contribution is 9.10. The zero-order valence-electron chi connectivity index (χ0n) is 12.1. The normalized spacial score (nSPS) is 16.5. The number of rotatable bonds is 2. The van der Waals surface area contributed by atoms with Crippen LogP contribution in [0.2, 0.25) is 0 Å². The van der Waals surface area contributed by atoms with Gasteiger partial charge < -0.3 is 9.73 Å². The van der Waals surface area contributed by atoms with Gasteiger partial charge in [0.1, 0.15) is 0 Å². The van der Waals surface area contributed by atoms with Crippen molar-refractivity contribution in [3.05, 3.63) is 62.5 Å². The van der Waals surface area contributed by atoms with Crippen LogP contribution in [0.3, 0.4) is 0 Å². The van der Waals surface area contributed by atoms with Gasteiger partial charge >= 0.3 is 5.76 Å². The Balaban J connectivity index is 1.52. The molecule has 0 spiro atoms. The minimum Gasteiger partial charge on any atom is -0.408 e. The van der Waals surface area contributed by atoms with Gasteiger partial charge in [0.05, 0.1) is 5.52 Å². The molecule has 1 aliphatic rings. The zero-order valence-corrected chi connectivity index (χ0v) is 13.6. The molecule has 0 fully saturated rings. The molecule has 2 aromatic carbocycles. The van der Waals surface area contributed by atoms with Crippen LogP contribution < -0.4 is 11.1 Å². The van der Waals surface area contributed by atoms with Crippen LogP contribution >= 0.6 is 15.9 Å². The molecule has 116 valence electrons. The number of aromatic amines is 1. The summed E-state index contributed by atoms with van der Waals surface area (Å²) in [6.07, 6.45) is 1.49. The lowest BCUT2D eigenvalue weighted by molar-refractivity contribution is -0.119. The number of hydrogen-bond acceptors (Lipinski definition) is 3. The first-order chi connectivity index (χ1) is 11.1. The Hall–Kier alpha value is -2.34. The maximum absolute atomic E-state index is 12.5. The first-order valence-electron chi connectivity index (χ1n) is 7.29. The van der Waals surface area contributed by atoms with Crippen molar-refractivity contribution in [1.29, 1.82) is 0 Å². The first kappa shape index (κ1) is 14.3. The molecule has 1 unspecified atom stereocenters. The second-order valence-corrected chi connectivity index (χ2v) is 6.65. The van der Waals surface area contributed by atoms with E-state index in [1.54, 1.807) is 18.2 Å². The van der Waals surface area contributed by atoms with Crippen LogP contribution in [0.5, 0.6) is 0 Å². The van der Waals surface area contributed by atoms with Gasteiger partial charge in [0.25, 0.3) is 0 Å². The van der Waals surface area contributed by atoms with Crippen LogP contribution in [0, 0.1) is 5.92 Å². The summed E-state index contributed by atoms with van der Waals surface area (Å²) < 4.78 is 5.99. The van der Waals surface area contributed by atoms with Crippen molar-refractivity contribution < 1.29 is 9.21 Å². The highest BCUT2D eigenvalue weighted by Gasteiger charge is 2.27. The Morgan fingerprint density at radius 2 is 2.00 bits per heavy atom. The summed E-state index contributed by atoms with van der Waals surface area (Å²) in [5.74, 6) is -0.582. The van der Waals surface area contributed by atoms with Crippen molar-refractivity contribution in [3.63, 3.8) is 0 Å². The number of nitrogens with one attached hydrogen (secondary N) is 2. The number of hydrogen-bond donors (Lipinski definition) is 2. The monoisotopic (exact) mass is 372 g/mol. The molecular weight excluding hydrogens is 360 g/mol. The van der Waals surface area contributed by atoms with Crippen molar-refractivity contribution >= 4 is 38.6 Å². The lowest BCUT2D eigenvalue weighted by atomic mass is 10.1. The Morgan fingerprint density at radius 1 is 1.17 bits per heavy atom. The highest BCUT2D eigenvalue weighted by atomic mass is 79.9. The number of carbonyl (C=O) groups is 1. The Morgan fingerprint density at radius 3 is 2.87 bits per heavy atom. The van der Waals surface area contributed by atoms with E-state index in [0.29, 0.717) is 16.8 Å². The predicted octanol–water partition coefficient (Wildman–Crippen LogP) is 3.24. The minimum absolute atomic E-state index is 0.0116. The molecule has 0 bridgehead atoms. The van der Waals surface area contributed by atoms with E-state index in [2.05, 4.69) is 38.4 Å². The summed E-state index contributed by atoms with van der Waals surface area (Å²) >= 11 is 3.46. The fourth-order valence-electron chi connectivity index (χ4n) is 3.05. The number of halogens is 1. The molecule has 1 amide bonds. The second kappa shape index (κ2) is 5.38. The molecule has 0 radical (unpaired) electrons. The molecule has 0 saturated heterocycles. The van der Waals surface area contributed by atoms with Crippen LogP contribution in [-0.4, -0.2) is 10.9 Å². The van der Waals surface area contributed by atoms with Gasteiger partial charge in [-0.15, -0.1) is 0 Å². The van der Waals surface area contributed by atoms with Gasteiger partial charge in [-0.3, -0.25) is 9.78 Å². The highest BCUT2D eigenvalue weighted by Crippen LogP contribution is 2.30. The molecule has 6 heteroatoms. The fourth-order valence-corrected chi connectivity index (χ4v) is 3.45. The van der Waals surface area contributed by atoms with Crippen molar-refractivity contribution in [2.45, 2.75) is 12.8 Å². The summed E-state index contributed by atoms with van der Waals surface area (Å²) in [6, 6.07) is 11.2. The average molecular weight is 373 g/mol. The van der Waals surface area contributed by atoms with E-state index in [1.807, 2.05) is 6.07 Å². The standard InChI is InChI=1S/C17H13BrN2O3/c18-12-2-1-9-5-11(6-10(9)7-12)16(21)19-13-3-4-15-14(8-13)20-17(22)23-15/h1-4,7-8,11H,5-6H2,(H,19,21)(H,20,22). The van der Waals surface area contributed by atoms with Gasteiger partial charge in [-0.2, -0.15) is 0 Å². The largest absolute Gasteiger partial charge is 0.417 e. The first-order valence-corrected chi connectivity index (χ1v) is 8.09. The van der Waals surface area contributed by atoms with Gasteiger partial charge in [-0.25, -0.2) is 4.79 Å². The molecule has 23 heavy (non-hydrogen) atoms. The smallest absolute Gasteiger partial charge is 0.408 e. The summed E-state index contributed by atoms with van der Waals surface area (Å²) in [4.78, 5) is 26.2. The summed E-state index contributed by atoms with van der Waals surface area (Å²) in [7, 11) is 0. The van der Waals surface area contributed by atoms with Gasteiger partial charge in [-0.1, -0.05) is 22.0 Å². The third-order valence-corrected chi connectivity index (χ3v) is 4.65. The van der Waals surface area contributed by atoms with Crippen LogP contribution in [0.15, 0.2) is 50.1 Å². The molecule has 3 aromatic rings. The molecule has 0 aliphatic heterocycles. The Bertz CT molecular complexity index is 973.